The third-order valence-electron chi connectivity index (χ3n) is 2.08. The molecule has 0 fully saturated rings. The molecule has 1 N–H and O–H groups in total. The molecule has 1 aromatic rings. The van der Waals surface area contributed by atoms with Crippen LogP contribution in [0.3, 0.4) is 0 Å². The van der Waals surface area contributed by atoms with Crippen molar-refractivity contribution in [3.63, 3.8) is 0 Å². The largest absolute Gasteiger partial charge is 0.492 e. The highest BCUT2D eigenvalue weighted by Crippen LogP contribution is 2.23. The minimum absolute atomic E-state index is 0.0361. The van der Waals surface area contributed by atoms with Crippen LogP contribution in [-0.2, 0) is 0 Å². The van der Waals surface area contributed by atoms with E-state index in [4.69, 9.17) is 10.00 Å². The van der Waals surface area contributed by atoms with Gasteiger partial charge in [0.05, 0.1) is 11.0 Å². The van der Waals surface area contributed by atoms with E-state index in [0.29, 0.717) is 18.9 Å². The standard InChI is InChI=1S/C11H13N3O3/c1-2-13-5-6-17-10-4-3-9(8-12)11(7-10)14(15)16/h3-4,7,13H,2,5-6H2,1H3. The van der Waals surface area contributed by atoms with Gasteiger partial charge in [-0.25, -0.2) is 0 Å². The van der Waals surface area contributed by atoms with Crippen molar-refractivity contribution >= 4 is 5.69 Å². The smallest absolute Gasteiger partial charge is 0.290 e. The molecule has 0 aromatic heterocycles. The normalized spacial score (nSPS) is 9.65. The molecule has 0 heterocycles. The molecule has 0 aliphatic rings. The summed E-state index contributed by atoms with van der Waals surface area (Å²) in [6.45, 7) is 3.92. The van der Waals surface area contributed by atoms with E-state index in [9.17, 15) is 10.1 Å². The van der Waals surface area contributed by atoms with Gasteiger partial charge in [0.25, 0.3) is 5.69 Å². The van der Waals surface area contributed by atoms with E-state index in [0.717, 1.165) is 6.54 Å². The molecule has 0 saturated carbocycles. The molecule has 0 saturated heterocycles. The van der Waals surface area contributed by atoms with Gasteiger partial charge in [-0.3, -0.25) is 10.1 Å². The van der Waals surface area contributed by atoms with Gasteiger partial charge in [-0.2, -0.15) is 5.26 Å². The molecule has 0 atom stereocenters. The quantitative estimate of drug-likeness (QED) is 0.458. The van der Waals surface area contributed by atoms with E-state index >= 15 is 0 Å². The molecule has 0 amide bonds. The lowest BCUT2D eigenvalue weighted by Gasteiger charge is -2.06. The van der Waals surface area contributed by atoms with Gasteiger partial charge in [0.15, 0.2) is 0 Å². The van der Waals surface area contributed by atoms with Gasteiger partial charge in [-0.05, 0) is 18.7 Å². The number of likely N-dealkylation sites (N-methyl/N-ethyl adjacent to an activating group) is 1. The molecule has 1 rings (SSSR count). The number of rotatable bonds is 6. The van der Waals surface area contributed by atoms with Gasteiger partial charge in [-0.1, -0.05) is 6.92 Å². The Morgan fingerprint density at radius 2 is 2.35 bits per heavy atom. The van der Waals surface area contributed by atoms with Gasteiger partial charge in [0.2, 0.25) is 0 Å². The van der Waals surface area contributed by atoms with Crippen molar-refractivity contribution in [2.75, 3.05) is 19.7 Å². The van der Waals surface area contributed by atoms with Crippen molar-refractivity contribution in [2.24, 2.45) is 0 Å². The Balaban J connectivity index is 2.72. The number of hydrogen-bond donors (Lipinski definition) is 1. The molecular weight excluding hydrogens is 222 g/mol. The lowest BCUT2D eigenvalue weighted by molar-refractivity contribution is -0.385. The maximum absolute atomic E-state index is 10.7. The maximum atomic E-state index is 10.7. The van der Waals surface area contributed by atoms with Crippen LogP contribution in [0.5, 0.6) is 5.75 Å². The van der Waals surface area contributed by atoms with Crippen LogP contribution in [0.4, 0.5) is 5.69 Å². The summed E-state index contributed by atoms with van der Waals surface area (Å²) in [5, 5.41) is 22.5. The SMILES string of the molecule is CCNCCOc1ccc(C#N)c([N+](=O)[O-])c1. The molecule has 0 unspecified atom stereocenters. The van der Waals surface area contributed by atoms with Gasteiger partial charge in [0.1, 0.15) is 24.0 Å². The number of nitrogens with one attached hydrogen (secondary N) is 1. The first-order valence-corrected chi connectivity index (χ1v) is 5.21. The molecule has 0 aliphatic heterocycles. The van der Waals surface area contributed by atoms with Crippen molar-refractivity contribution in [1.29, 1.82) is 5.26 Å². The minimum atomic E-state index is -0.588. The van der Waals surface area contributed by atoms with Gasteiger partial charge >= 0.3 is 0 Å². The average Bonchev–Trinajstić information content (AvgIpc) is 2.34. The zero-order chi connectivity index (χ0) is 12.7. The van der Waals surface area contributed by atoms with E-state index < -0.39 is 4.92 Å². The van der Waals surface area contributed by atoms with Crippen LogP contribution in [0.2, 0.25) is 0 Å². The van der Waals surface area contributed by atoms with Crippen LogP contribution in [-0.4, -0.2) is 24.6 Å². The summed E-state index contributed by atoms with van der Waals surface area (Å²) in [5.41, 5.74) is -0.192. The molecule has 17 heavy (non-hydrogen) atoms. The summed E-state index contributed by atoms with van der Waals surface area (Å²) >= 11 is 0. The van der Waals surface area contributed by atoms with E-state index in [2.05, 4.69) is 5.32 Å². The third kappa shape index (κ3) is 3.74. The Morgan fingerprint density at radius 3 is 2.94 bits per heavy atom. The number of nitriles is 1. The van der Waals surface area contributed by atoms with E-state index in [1.807, 2.05) is 6.92 Å². The summed E-state index contributed by atoms with van der Waals surface area (Å²) in [6, 6.07) is 5.98. The van der Waals surface area contributed by atoms with E-state index in [1.165, 1.54) is 12.1 Å². The highest BCUT2D eigenvalue weighted by atomic mass is 16.6. The molecule has 1 aromatic carbocycles. The first kappa shape index (κ1) is 12.9. The van der Waals surface area contributed by atoms with Crippen LogP contribution in [0.15, 0.2) is 18.2 Å². The van der Waals surface area contributed by atoms with E-state index in [-0.39, 0.29) is 11.3 Å². The fraction of sp³-hybridized carbons (Fsp3) is 0.364. The van der Waals surface area contributed by atoms with Crippen LogP contribution in [0.1, 0.15) is 12.5 Å². The van der Waals surface area contributed by atoms with Crippen molar-refractivity contribution in [3.8, 4) is 11.8 Å². The van der Waals surface area contributed by atoms with Crippen molar-refractivity contribution in [3.05, 3.63) is 33.9 Å². The third-order valence-corrected chi connectivity index (χ3v) is 2.08. The number of hydrogen-bond acceptors (Lipinski definition) is 5. The summed E-state index contributed by atoms with van der Waals surface area (Å²) < 4.78 is 5.32. The average molecular weight is 235 g/mol. The molecule has 6 nitrogen and oxygen atoms in total. The van der Waals surface area contributed by atoms with Crippen LogP contribution < -0.4 is 10.1 Å². The lowest BCUT2D eigenvalue weighted by atomic mass is 10.2. The van der Waals surface area contributed by atoms with Gasteiger partial charge in [-0.15, -0.1) is 0 Å². The van der Waals surface area contributed by atoms with Gasteiger partial charge < -0.3 is 10.1 Å². The summed E-state index contributed by atoms with van der Waals surface area (Å²) in [6.07, 6.45) is 0. The van der Waals surface area contributed by atoms with Crippen molar-refractivity contribution in [2.45, 2.75) is 6.92 Å². The van der Waals surface area contributed by atoms with Crippen molar-refractivity contribution in [1.82, 2.24) is 5.32 Å². The van der Waals surface area contributed by atoms with E-state index in [1.54, 1.807) is 12.1 Å². The number of ether oxygens (including phenoxy) is 1. The molecule has 6 heteroatoms. The Labute approximate surface area is 99.0 Å². The summed E-state index contributed by atoms with van der Waals surface area (Å²) in [4.78, 5) is 10.1. The molecule has 0 spiro atoms. The summed E-state index contributed by atoms with van der Waals surface area (Å²) in [5.74, 6) is 0.397. The summed E-state index contributed by atoms with van der Waals surface area (Å²) in [7, 11) is 0. The zero-order valence-corrected chi connectivity index (χ0v) is 9.47. The lowest BCUT2D eigenvalue weighted by Crippen LogP contribution is -2.20. The molecule has 0 bridgehead atoms. The molecule has 0 radical (unpaired) electrons. The molecule has 90 valence electrons. The van der Waals surface area contributed by atoms with Crippen LogP contribution >= 0.6 is 0 Å². The second kappa shape index (κ2) is 6.45. The predicted molar refractivity (Wildman–Crippen MR) is 61.9 cm³/mol. The van der Waals surface area contributed by atoms with Crippen LogP contribution in [0.25, 0.3) is 0 Å². The second-order valence-electron chi connectivity index (χ2n) is 3.25. The highest BCUT2D eigenvalue weighted by molar-refractivity contribution is 5.52. The number of nitrogens with zero attached hydrogens (tertiary/aromatic N) is 2. The maximum Gasteiger partial charge on any atom is 0.290 e. The highest BCUT2D eigenvalue weighted by Gasteiger charge is 2.14. The predicted octanol–water partition coefficient (Wildman–Crippen LogP) is 1.45. The zero-order valence-electron chi connectivity index (χ0n) is 9.47. The van der Waals surface area contributed by atoms with Crippen molar-refractivity contribution < 1.29 is 9.66 Å². The van der Waals surface area contributed by atoms with Crippen LogP contribution in [0, 0.1) is 21.4 Å². The second-order valence-corrected chi connectivity index (χ2v) is 3.25. The minimum Gasteiger partial charge on any atom is -0.492 e. The monoisotopic (exact) mass is 235 g/mol. The fourth-order valence-corrected chi connectivity index (χ4v) is 1.26. The molecular formula is C11H13N3O3. The number of nitro groups is 1. The topological polar surface area (TPSA) is 88.2 Å². The molecule has 0 aliphatic carbocycles. The Bertz CT molecular complexity index is 440. The number of nitro benzene ring substituents is 1. The Morgan fingerprint density at radius 1 is 1.59 bits per heavy atom. The fourth-order valence-electron chi connectivity index (χ4n) is 1.26. The first-order valence-electron chi connectivity index (χ1n) is 5.21. The first-order chi connectivity index (χ1) is 8.19. The Kier molecular flexibility index (Phi) is 4.91. The number of benzene rings is 1. The Hall–Kier alpha value is -2.13. The van der Waals surface area contributed by atoms with Gasteiger partial charge in [0, 0.05) is 6.54 Å².